The molecule has 6 rings (SSSR count). The number of benzene rings is 1. The number of nitrogens with zero attached hydrogens (tertiary/aromatic N) is 5. The van der Waals surface area contributed by atoms with Gasteiger partial charge >= 0.3 is 0 Å². The summed E-state index contributed by atoms with van der Waals surface area (Å²) in [6, 6.07) is 3.55. The van der Waals surface area contributed by atoms with Crippen LogP contribution in [0.25, 0.3) is 0 Å². The number of hydrogen-bond acceptors (Lipinski definition) is 9. The van der Waals surface area contributed by atoms with Crippen LogP contribution < -0.4 is 15.0 Å². The molecule has 9 nitrogen and oxygen atoms in total. The Balaban J connectivity index is 1.21. The Labute approximate surface area is 207 Å². The third kappa shape index (κ3) is 4.47. The van der Waals surface area contributed by atoms with Crippen molar-refractivity contribution in [3.63, 3.8) is 0 Å². The second-order valence-corrected chi connectivity index (χ2v) is 9.72. The average Bonchev–Trinajstić information content (AvgIpc) is 3.29. The molecule has 1 N–H and O–H groups in total. The zero-order valence-electron chi connectivity index (χ0n) is 20.0. The van der Waals surface area contributed by atoms with Gasteiger partial charge in [-0.05, 0) is 31.4 Å². The van der Waals surface area contributed by atoms with E-state index in [-0.39, 0.29) is 23.3 Å². The Morgan fingerprint density at radius 2 is 1.97 bits per heavy atom. The Bertz CT molecular complexity index is 1240. The van der Waals surface area contributed by atoms with Gasteiger partial charge in [-0.25, -0.2) is 18.7 Å². The molecule has 2 aliphatic heterocycles. The van der Waals surface area contributed by atoms with Crippen LogP contribution in [0.1, 0.15) is 49.6 Å². The normalized spacial score (nSPS) is 21.5. The minimum atomic E-state index is -0.686. The van der Waals surface area contributed by atoms with Gasteiger partial charge in [0, 0.05) is 45.5 Å². The van der Waals surface area contributed by atoms with E-state index in [0.29, 0.717) is 50.9 Å². The van der Waals surface area contributed by atoms with E-state index in [2.05, 4.69) is 20.4 Å². The van der Waals surface area contributed by atoms with Crippen LogP contribution in [0.5, 0.6) is 5.75 Å². The fraction of sp³-hybridized carbons (Fsp3) is 0.520. The molecule has 3 aromatic rings. The molecule has 0 amide bonds. The number of ether oxygens (including phenoxy) is 2. The smallest absolute Gasteiger partial charge is 0.228 e. The third-order valence-electron chi connectivity index (χ3n) is 7.13. The first kappa shape index (κ1) is 23.1. The lowest BCUT2D eigenvalue weighted by molar-refractivity contribution is 0.163. The highest BCUT2D eigenvalue weighted by atomic mass is 19.1. The van der Waals surface area contributed by atoms with Crippen molar-refractivity contribution in [1.82, 2.24) is 20.2 Å². The summed E-state index contributed by atoms with van der Waals surface area (Å²) in [7, 11) is 0. The number of halogens is 2. The molecule has 36 heavy (non-hydrogen) atoms. The van der Waals surface area contributed by atoms with Crippen molar-refractivity contribution < 1.29 is 22.7 Å². The summed E-state index contributed by atoms with van der Waals surface area (Å²) in [6.07, 6.45) is 5.68. The molecule has 2 saturated heterocycles. The van der Waals surface area contributed by atoms with Crippen LogP contribution in [0.4, 0.5) is 20.4 Å². The fourth-order valence-electron chi connectivity index (χ4n) is 4.91. The highest BCUT2D eigenvalue weighted by Crippen LogP contribution is 2.52. The van der Waals surface area contributed by atoms with Crippen LogP contribution in [0.2, 0.25) is 0 Å². The first-order valence-corrected chi connectivity index (χ1v) is 12.4. The zero-order chi connectivity index (χ0) is 24.7. The standard InChI is InChI=1S/C25H28F2N6O3/c1-15-31-32-24(35-15)25(7-8-25)21-13-28-23(22(30-21)29-17-6-11-34-14-17)33-9-4-18(5-10-33)36-20-3-2-16(26)12-19(20)27/h2-3,12-13,17-18H,4-11,14H2,1H3,(H,29,30)/t17-/m1/s1. The quantitative estimate of drug-likeness (QED) is 0.522. The summed E-state index contributed by atoms with van der Waals surface area (Å²) in [5, 5.41) is 11.8. The third-order valence-corrected chi connectivity index (χ3v) is 7.13. The molecule has 0 unspecified atom stereocenters. The van der Waals surface area contributed by atoms with Gasteiger partial charge in [-0.15, -0.1) is 10.2 Å². The second-order valence-electron chi connectivity index (χ2n) is 9.72. The van der Waals surface area contributed by atoms with Gasteiger partial charge in [-0.1, -0.05) is 0 Å². The second kappa shape index (κ2) is 9.27. The van der Waals surface area contributed by atoms with Gasteiger partial charge in [0.15, 0.2) is 23.2 Å². The van der Waals surface area contributed by atoms with Crippen LogP contribution in [0.15, 0.2) is 28.8 Å². The molecule has 11 heteroatoms. The first-order valence-electron chi connectivity index (χ1n) is 12.4. The summed E-state index contributed by atoms with van der Waals surface area (Å²) < 4.78 is 44.4. The first-order chi connectivity index (χ1) is 17.5. The Kier molecular flexibility index (Phi) is 5.94. The Morgan fingerprint density at radius 3 is 2.64 bits per heavy atom. The molecule has 3 fully saturated rings. The van der Waals surface area contributed by atoms with E-state index in [1.165, 1.54) is 12.1 Å². The number of aryl methyl sites for hydroxylation is 1. The minimum Gasteiger partial charge on any atom is -0.487 e. The van der Waals surface area contributed by atoms with Crippen LogP contribution in [0.3, 0.4) is 0 Å². The van der Waals surface area contributed by atoms with Crippen LogP contribution >= 0.6 is 0 Å². The number of aromatic nitrogens is 4. The van der Waals surface area contributed by atoms with Crippen molar-refractivity contribution >= 4 is 11.6 Å². The van der Waals surface area contributed by atoms with Crippen molar-refractivity contribution in [2.75, 3.05) is 36.5 Å². The van der Waals surface area contributed by atoms with Gasteiger partial charge in [0.25, 0.3) is 0 Å². The van der Waals surface area contributed by atoms with Gasteiger partial charge < -0.3 is 24.1 Å². The molecule has 1 atom stereocenters. The number of piperidine rings is 1. The molecule has 2 aromatic heterocycles. The summed E-state index contributed by atoms with van der Waals surface area (Å²) in [4.78, 5) is 12.0. The average molecular weight is 499 g/mol. The topological polar surface area (TPSA) is 98.4 Å². The highest BCUT2D eigenvalue weighted by molar-refractivity contribution is 5.62. The largest absolute Gasteiger partial charge is 0.487 e. The van der Waals surface area contributed by atoms with E-state index in [1.807, 2.05) is 6.20 Å². The fourth-order valence-corrected chi connectivity index (χ4v) is 4.91. The Hall–Kier alpha value is -3.34. The van der Waals surface area contributed by atoms with E-state index in [9.17, 15) is 8.78 Å². The lowest BCUT2D eigenvalue weighted by Crippen LogP contribution is -2.39. The molecule has 1 aliphatic carbocycles. The summed E-state index contributed by atoms with van der Waals surface area (Å²) in [5.74, 6) is 1.38. The number of hydrogen-bond donors (Lipinski definition) is 1. The predicted molar refractivity (Wildman–Crippen MR) is 126 cm³/mol. The number of rotatable bonds is 7. The number of anilines is 2. The summed E-state index contributed by atoms with van der Waals surface area (Å²) in [6.45, 7) is 4.47. The molecule has 1 saturated carbocycles. The molecule has 0 bridgehead atoms. The van der Waals surface area contributed by atoms with Crippen molar-refractivity contribution in [3.05, 3.63) is 53.5 Å². The summed E-state index contributed by atoms with van der Waals surface area (Å²) in [5.41, 5.74) is 0.441. The van der Waals surface area contributed by atoms with Gasteiger partial charge in [0.2, 0.25) is 11.8 Å². The van der Waals surface area contributed by atoms with Crippen molar-refractivity contribution in [2.45, 2.75) is 56.6 Å². The maximum absolute atomic E-state index is 14.0. The SMILES string of the molecule is Cc1nnc(C2(c3cnc(N4CCC(Oc5ccc(F)cc5F)CC4)c(N[C@@H]4CCOC4)n3)CC2)o1. The van der Waals surface area contributed by atoms with Gasteiger partial charge in [-0.3, -0.25) is 0 Å². The van der Waals surface area contributed by atoms with E-state index < -0.39 is 11.6 Å². The monoisotopic (exact) mass is 498 g/mol. The van der Waals surface area contributed by atoms with Crippen molar-refractivity contribution in [3.8, 4) is 5.75 Å². The van der Waals surface area contributed by atoms with Gasteiger partial charge in [-0.2, -0.15) is 0 Å². The maximum Gasteiger partial charge on any atom is 0.228 e. The van der Waals surface area contributed by atoms with E-state index in [4.69, 9.17) is 23.9 Å². The molecule has 1 aromatic carbocycles. The molecular formula is C25H28F2N6O3. The predicted octanol–water partition coefficient (Wildman–Crippen LogP) is 3.77. The van der Waals surface area contributed by atoms with Crippen molar-refractivity contribution in [1.29, 1.82) is 0 Å². The molecule has 0 radical (unpaired) electrons. The number of nitrogens with one attached hydrogen (secondary N) is 1. The highest BCUT2D eigenvalue weighted by Gasteiger charge is 2.52. The molecular weight excluding hydrogens is 470 g/mol. The zero-order valence-corrected chi connectivity index (χ0v) is 20.0. The van der Waals surface area contributed by atoms with E-state index >= 15 is 0 Å². The molecule has 0 spiro atoms. The minimum absolute atomic E-state index is 0.0774. The van der Waals surface area contributed by atoms with Crippen LogP contribution in [0, 0.1) is 18.6 Å². The molecule has 3 aliphatic rings. The van der Waals surface area contributed by atoms with Gasteiger partial charge in [0.1, 0.15) is 11.9 Å². The van der Waals surface area contributed by atoms with Crippen LogP contribution in [-0.4, -0.2) is 58.6 Å². The Morgan fingerprint density at radius 1 is 1.14 bits per heavy atom. The molecule has 190 valence electrons. The summed E-state index contributed by atoms with van der Waals surface area (Å²) >= 11 is 0. The van der Waals surface area contributed by atoms with Crippen molar-refractivity contribution in [2.24, 2.45) is 0 Å². The lowest BCUT2D eigenvalue weighted by Gasteiger charge is -2.34. The van der Waals surface area contributed by atoms with Crippen LogP contribution in [-0.2, 0) is 10.2 Å². The maximum atomic E-state index is 14.0. The lowest BCUT2D eigenvalue weighted by atomic mass is 10.0. The van der Waals surface area contributed by atoms with E-state index in [1.54, 1.807) is 6.92 Å². The van der Waals surface area contributed by atoms with E-state index in [0.717, 1.165) is 42.7 Å². The molecule has 4 heterocycles. The van der Waals surface area contributed by atoms with Gasteiger partial charge in [0.05, 0.1) is 30.0 Å².